The molecule has 0 saturated carbocycles. The van der Waals surface area contributed by atoms with Crippen LogP contribution < -0.4 is 4.74 Å². The number of aromatic nitrogens is 3. The van der Waals surface area contributed by atoms with Gasteiger partial charge in [-0.05, 0) is 58.7 Å². The molecule has 4 nitrogen and oxygen atoms in total. The fraction of sp³-hybridized carbons (Fsp3) is 0. The van der Waals surface area contributed by atoms with Gasteiger partial charge in [-0.1, -0.05) is 115 Å². The lowest BCUT2D eigenvalue weighted by Crippen LogP contribution is -1.97. The first-order valence-electron chi connectivity index (χ1n) is 14.9. The van der Waals surface area contributed by atoms with Crippen LogP contribution in [0, 0.1) is 0 Å². The summed E-state index contributed by atoms with van der Waals surface area (Å²) in [4.78, 5) is 14.5. The van der Waals surface area contributed by atoms with Crippen molar-refractivity contribution in [3.05, 3.63) is 163 Å². The third-order valence-corrected chi connectivity index (χ3v) is 8.04. The van der Waals surface area contributed by atoms with Gasteiger partial charge in [0.05, 0.1) is 11.4 Å². The van der Waals surface area contributed by atoms with E-state index in [1.807, 2.05) is 66.9 Å². The molecule has 45 heavy (non-hydrogen) atoms. The zero-order chi connectivity index (χ0) is 30.0. The molecule has 7 aromatic rings. The van der Waals surface area contributed by atoms with Crippen molar-refractivity contribution in [1.29, 1.82) is 0 Å². The Hall–Kier alpha value is -6.13. The minimum Gasteiger partial charge on any atom is -0.456 e. The summed E-state index contributed by atoms with van der Waals surface area (Å²) in [5.74, 6) is 2.24. The summed E-state index contributed by atoms with van der Waals surface area (Å²) in [7, 11) is 0. The first-order valence-corrected chi connectivity index (χ1v) is 14.9. The van der Waals surface area contributed by atoms with Crippen molar-refractivity contribution in [2.45, 2.75) is 0 Å². The fourth-order valence-electron chi connectivity index (χ4n) is 5.81. The van der Waals surface area contributed by atoms with E-state index >= 15 is 0 Å². The van der Waals surface area contributed by atoms with Gasteiger partial charge in [0, 0.05) is 40.2 Å². The molecule has 0 bridgehead atoms. The minimum atomic E-state index is 0.644. The van der Waals surface area contributed by atoms with Crippen molar-refractivity contribution in [2.75, 3.05) is 0 Å². The van der Waals surface area contributed by atoms with E-state index in [0.29, 0.717) is 5.82 Å². The molecule has 0 unspecified atom stereocenters. The van der Waals surface area contributed by atoms with E-state index in [1.54, 1.807) is 6.20 Å². The number of ether oxygens (including phenoxy) is 1. The van der Waals surface area contributed by atoms with Gasteiger partial charge in [-0.3, -0.25) is 4.98 Å². The van der Waals surface area contributed by atoms with Crippen molar-refractivity contribution in [2.24, 2.45) is 0 Å². The Morgan fingerprint density at radius 1 is 0.422 bits per heavy atom. The Morgan fingerprint density at radius 2 is 1.02 bits per heavy atom. The molecular weight excluding hydrogens is 550 g/mol. The first-order chi connectivity index (χ1) is 22.3. The molecule has 4 heteroatoms. The third-order valence-electron chi connectivity index (χ3n) is 8.04. The zero-order valence-electron chi connectivity index (χ0n) is 24.3. The van der Waals surface area contributed by atoms with Crippen LogP contribution in [0.1, 0.15) is 11.1 Å². The Morgan fingerprint density at radius 3 is 1.76 bits per heavy atom. The van der Waals surface area contributed by atoms with Gasteiger partial charge in [-0.25, -0.2) is 9.97 Å². The molecule has 1 aliphatic heterocycles. The molecule has 1 aliphatic rings. The predicted molar refractivity (Wildman–Crippen MR) is 182 cm³/mol. The fourth-order valence-corrected chi connectivity index (χ4v) is 5.81. The van der Waals surface area contributed by atoms with Crippen molar-refractivity contribution in [3.8, 4) is 67.7 Å². The van der Waals surface area contributed by atoms with E-state index in [2.05, 4.69) is 96.0 Å². The van der Waals surface area contributed by atoms with Crippen molar-refractivity contribution in [3.63, 3.8) is 0 Å². The number of rotatable bonds is 3. The molecule has 0 atom stereocenters. The van der Waals surface area contributed by atoms with Gasteiger partial charge in [0.2, 0.25) is 0 Å². The number of nitrogens with zero attached hydrogens (tertiary/aromatic N) is 3. The SMILES string of the molecule is C1=C\c2ccc(-c3nc(-c4ccccc4)cc(-c4cccnc4)n3)cc2-c2ccccc2Oc2ccccc2-c2ccccc2/1. The molecule has 2 aromatic heterocycles. The van der Waals surface area contributed by atoms with Crippen LogP contribution in [0.3, 0.4) is 0 Å². The van der Waals surface area contributed by atoms with E-state index in [1.165, 1.54) is 0 Å². The lowest BCUT2D eigenvalue weighted by Gasteiger charge is -2.16. The molecule has 0 fully saturated rings. The molecule has 8 rings (SSSR count). The van der Waals surface area contributed by atoms with E-state index in [-0.39, 0.29) is 0 Å². The normalized spacial score (nSPS) is 12.4. The summed E-state index contributed by atoms with van der Waals surface area (Å²) in [6.45, 7) is 0. The summed E-state index contributed by atoms with van der Waals surface area (Å²) in [6.07, 6.45) is 7.98. The third kappa shape index (κ3) is 5.19. The van der Waals surface area contributed by atoms with Crippen LogP contribution >= 0.6 is 0 Å². The predicted octanol–water partition coefficient (Wildman–Crippen LogP) is 10.5. The maximum atomic E-state index is 6.72. The van der Waals surface area contributed by atoms with Gasteiger partial charge < -0.3 is 4.74 Å². The van der Waals surface area contributed by atoms with Gasteiger partial charge in [0.15, 0.2) is 5.82 Å². The van der Waals surface area contributed by atoms with Crippen molar-refractivity contribution in [1.82, 2.24) is 15.0 Å². The molecule has 5 aromatic carbocycles. The highest BCUT2D eigenvalue weighted by molar-refractivity contribution is 5.90. The van der Waals surface area contributed by atoms with E-state index in [9.17, 15) is 0 Å². The summed E-state index contributed by atoms with van der Waals surface area (Å²) < 4.78 is 6.72. The van der Waals surface area contributed by atoms with Gasteiger partial charge in [0.25, 0.3) is 0 Å². The maximum absolute atomic E-state index is 6.72. The van der Waals surface area contributed by atoms with Crippen LogP contribution in [-0.4, -0.2) is 15.0 Å². The van der Waals surface area contributed by atoms with Crippen LogP contribution in [0.2, 0.25) is 0 Å². The van der Waals surface area contributed by atoms with E-state index in [4.69, 9.17) is 14.7 Å². The Kier molecular flexibility index (Phi) is 6.78. The van der Waals surface area contributed by atoms with Gasteiger partial charge in [-0.2, -0.15) is 0 Å². The molecule has 212 valence electrons. The Labute approximate surface area is 262 Å². The second-order valence-electron chi connectivity index (χ2n) is 10.9. The average Bonchev–Trinajstić information content (AvgIpc) is 3.14. The lowest BCUT2D eigenvalue weighted by atomic mass is 9.94. The van der Waals surface area contributed by atoms with Gasteiger partial charge in [0.1, 0.15) is 11.5 Å². The number of hydrogen-bond acceptors (Lipinski definition) is 4. The van der Waals surface area contributed by atoms with Gasteiger partial charge in [-0.15, -0.1) is 0 Å². The number of hydrogen-bond donors (Lipinski definition) is 0. The lowest BCUT2D eigenvalue weighted by molar-refractivity contribution is 0.486. The van der Waals surface area contributed by atoms with Crippen molar-refractivity contribution < 1.29 is 4.74 Å². The zero-order valence-corrected chi connectivity index (χ0v) is 24.3. The standard InChI is InChI=1S/C41H27N3O/c1-2-12-30(13-3-1)37-26-38(32-14-10-24-42-27-32)44-41(43-37)31-23-22-29-21-20-28-11-4-5-15-33(28)34-16-6-8-18-39(34)45-40-19-9-7-17-35(40)36(29)25-31/h1-27H/b21-20-. The number of para-hydroxylation sites is 2. The quantitative estimate of drug-likeness (QED) is 0.210. The van der Waals surface area contributed by atoms with E-state index in [0.717, 1.165) is 73.0 Å². The minimum absolute atomic E-state index is 0.644. The topological polar surface area (TPSA) is 47.9 Å². The summed E-state index contributed by atoms with van der Waals surface area (Å²) in [5, 5.41) is 0. The van der Waals surface area contributed by atoms with Crippen LogP contribution in [0.25, 0.3) is 68.3 Å². The second kappa shape index (κ2) is 11.5. The average molecular weight is 578 g/mol. The highest BCUT2D eigenvalue weighted by Crippen LogP contribution is 2.42. The summed E-state index contributed by atoms with van der Waals surface area (Å²) in [5.41, 5.74) is 10.9. The Bertz CT molecular complexity index is 2130. The van der Waals surface area contributed by atoms with Crippen molar-refractivity contribution >= 4 is 12.2 Å². The summed E-state index contributed by atoms with van der Waals surface area (Å²) >= 11 is 0. The van der Waals surface area contributed by atoms with E-state index < -0.39 is 0 Å². The van der Waals surface area contributed by atoms with Crippen LogP contribution in [-0.2, 0) is 0 Å². The molecule has 0 saturated heterocycles. The number of pyridine rings is 1. The molecule has 0 radical (unpaired) electrons. The highest BCUT2D eigenvalue weighted by atomic mass is 16.5. The van der Waals surface area contributed by atoms with Crippen LogP contribution in [0.5, 0.6) is 11.5 Å². The maximum Gasteiger partial charge on any atom is 0.160 e. The summed E-state index contributed by atoms with van der Waals surface area (Å²) in [6, 6.07) is 47.5. The van der Waals surface area contributed by atoms with Crippen LogP contribution in [0.4, 0.5) is 0 Å². The van der Waals surface area contributed by atoms with Gasteiger partial charge >= 0.3 is 0 Å². The first kappa shape index (κ1) is 26.5. The molecule has 3 heterocycles. The molecular formula is C41H27N3O. The largest absolute Gasteiger partial charge is 0.456 e. The highest BCUT2D eigenvalue weighted by Gasteiger charge is 2.18. The number of fused-ring (bicyclic) bond motifs is 6. The molecule has 0 N–H and O–H groups in total. The molecule has 0 spiro atoms. The van der Waals surface area contributed by atoms with Crippen LogP contribution in [0.15, 0.2) is 152 Å². The monoisotopic (exact) mass is 577 g/mol. The smallest absolute Gasteiger partial charge is 0.160 e. The molecule has 0 aliphatic carbocycles. The Balaban J connectivity index is 1.34. The second-order valence-corrected chi connectivity index (χ2v) is 10.9. The molecule has 0 amide bonds. The number of benzene rings is 5.